The molecular formula is C18H35NOSn. The van der Waals surface area contributed by atoms with E-state index in [4.69, 9.17) is 0 Å². The van der Waals surface area contributed by atoms with Crippen molar-refractivity contribution < 1.29 is 4.79 Å². The average molecular weight is 400 g/mol. The SMILES string of the molecule is CCC[CH2][Sn](/[CH]=C1/C[C@@H](C)NC1=O)([CH2]CCC)[CH2]CCC. The van der Waals surface area contributed by atoms with E-state index in [9.17, 15) is 4.79 Å². The Labute approximate surface area is 136 Å². The summed E-state index contributed by atoms with van der Waals surface area (Å²) in [7, 11) is 0. The van der Waals surface area contributed by atoms with Crippen molar-refractivity contribution in [3.05, 3.63) is 9.67 Å². The van der Waals surface area contributed by atoms with Crippen molar-refractivity contribution in [3.8, 4) is 0 Å². The van der Waals surface area contributed by atoms with Crippen LogP contribution in [0.15, 0.2) is 9.67 Å². The number of carbonyl (C=O) groups is 1. The number of hydrogen-bond acceptors (Lipinski definition) is 1. The molecule has 0 saturated carbocycles. The standard InChI is InChI=1S/C6H8NO.3C4H9.Sn/c1-4-3-5(2)7-6(4)8;3*1-3-4-2;/h1,5H,3H2,2H3,(H,7,8);3*1,3-4H2,2H3;/t5-;;;;/m1..../s1. The van der Waals surface area contributed by atoms with Crippen molar-refractivity contribution in [1.82, 2.24) is 5.32 Å². The second-order valence-electron chi connectivity index (χ2n) is 6.92. The summed E-state index contributed by atoms with van der Waals surface area (Å²) in [4.78, 5) is 12.1. The summed E-state index contributed by atoms with van der Waals surface area (Å²) < 4.78 is 6.96. The summed E-state index contributed by atoms with van der Waals surface area (Å²) in [6.45, 7) is 9.02. The van der Waals surface area contributed by atoms with Gasteiger partial charge >= 0.3 is 136 Å². The van der Waals surface area contributed by atoms with E-state index < -0.39 is 18.4 Å². The first-order valence-corrected chi connectivity index (χ1v) is 16.8. The van der Waals surface area contributed by atoms with Crippen LogP contribution in [0.1, 0.15) is 72.6 Å². The van der Waals surface area contributed by atoms with Gasteiger partial charge in [-0.3, -0.25) is 0 Å². The number of rotatable bonds is 10. The van der Waals surface area contributed by atoms with Crippen LogP contribution in [0.3, 0.4) is 0 Å². The van der Waals surface area contributed by atoms with E-state index in [1.54, 1.807) is 0 Å². The van der Waals surface area contributed by atoms with Crippen molar-refractivity contribution >= 4 is 24.3 Å². The van der Waals surface area contributed by atoms with Crippen LogP contribution >= 0.6 is 0 Å². The first-order valence-electron chi connectivity index (χ1n) is 9.09. The topological polar surface area (TPSA) is 29.1 Å². The third-order valence-corrected chi connectivity index (χ3v) is 19.1. The summed E-state index contributed by atoms with van der Waals surface area (Å²) in [5, 5.41) is 3.08. The van der Waals surface area contributed by atoms with Crippen molar-refractivity contribution in [1.29, 1.82) is 0 Å². The van der Waals surface area contributed by atoms with E-state index >= 15 is 0 Å². The number of carbonyl (C=O) groups excluding carboxylic acids is 1. The molecule has 0 aromatic rings. The minimum absolute atomic E-state index is 0.230. The zero-order valence-corrected chi connectivity index (χ0v) is 17.5. The molecule has 0 unspecified atom stereocenters. The molecule has 2 nitrogen and oxygen atoms in total. The second-order valence-corrected chi connectivity index (χ2v) is 19.8. The Bertz CT molecular complexity index is 329. The molecule has 1 rings (SSSR count). The summed E-state index contributed by atoms with van der Waals surface area (Å²) in [6.07, 6.45) is 8.94. The maximum atomic E-state index is 12.1. The molecule has 1 fully saturated rings. The molecule has 1 saturated heterocycles. The van der Waals surface area contributed by atoms with Gasteiger partial charge in [0.05, 0.1) is 0 Å². The third kappa shape index (κ3) is 6.33. The Morgan fingerprint density at radius 2 is 1.52 bits per heavy atom. The second kappa shape index (κ2) is 9.91. The molecule has 1 heterocycles. The fraction of sp³-hybridized carbons (Fsp3) is 0.833. The van der Waals surface area contributed by atoms with Crippen LogP contribution in [0.5, 0.6) is 0 Å². The van der Waals surface area contributed by atoms with Crippen LogP contribution in [0.2, 0.25) is 13.3 Å². The molecule has 1 aliphatic heterocycles. The Hall–Kier alpha value is 0.00870. The number of nitrogens with one attached hydrogen (secondary N) is 1. The predicted molar refractivity (Wildman–Crippen MR) is 95.2 cm³/mol. The van der Waals surface area contributed by atoms with E-state index in [-0.39, 0.29) is 5.91 Å². The van der Waals surface area contributed by atoms with Crippen LogP contribution in [-0.2, 0) is 4.79 Å². The molecule has 0 bridgehead atoms. The molecule has 21 heavy (non-hydrogen) atoms. The van der Waals surface area contributed by atoms with Gasteiger partial charge in [-0.1, -0.05) is 0 Å². The quantitative estimate of drug-likeness (QED) is 0.396. The molecule has 0 aromatic carbocycles. The fourth-order valence-corrected chi connectivity index (χ4v) is 18.7. The summed E-state index contributed by atoms with van der Waals surface area (Å²) >= 11 is -2.28. The molecule has 1 aliphatic rings. The molecule has 0 aliphatic carbocycles. The van der Waals surface area contributed by atoms with Crippen LogP contribution in [0, 0.1) is 0 Å². The van der Waals surface area contributed by atoms with Gasteiger partial charge < -0.3 is 0 Å². The van der Waals surface area contributed by atoms with Gasteiger partial charge in [-0.05, 0) is 0 Å². The first-order chi connectivity index (χ1) is 10.1. The maximum absolute atomic E-state index is 12.1. The van der Waals surface area contributed by atoms with Crippen LogP contribution in [-0.4, -0.2) is 30.3 Å². The Balaban J connectivity index is 2.94. The van der Waals surface area contributed by atoms with Crippen LogP contribution in [0.4, 0.5) is 0 Å². The monoisotopic (exact) mass is 401 g/mol. The molecule has 0 radical (unpaired) electrons. The Morgan fingerprint density at radius 3 is 1.86 bits per heavy atom. The number of unbranched alkanes of at least 4 members (excludes halogenated alkanes) is 3. The van der Waals surface area contributed by atoms with Gasteiger partial charge in [0.2, 0.25) is 0 Å². The fourth-order valence-electron chi connectivity index (χ4n) is 3.46. The van der Waals surface area contributed by atoms with E-state index in [0.29, 0.717) is 6.04 Å². The number of amides is 1. The summed E-state index contributed by atoms with van der Waals surface area (Å²) in [5.41, 5.74) is 1.14. The van der Waals surface area contributed by atoms with Crippen molar-refractivity contribution in [2.75, 3.05) is 0 Å². The molecule has 1 atom stereocenters. The molecule has 1 amide bonds. The summed E-state index contributed by atoms with van der Waals surface area (Å²) in [6, 6.07) is 0.344. The van der Waals surface area contributed by atoms with Gasteiger partial charge in [-0.25, -0.2) is 0 Å². The Kier molecular flexibility index (Phi) is 8.99. The van der Waals surface area contributed by atoms with Gasteiger partial charge in [0.15, 0.2) is 0 Å². The van der Waals surface area contributed by atoms with Gasteiger partial charge in [0.25, 0.3) is 0 Å². The normalized spacial score (nSPS) is 21.0. The first kappa shape index (κ1) is 19.1. The zero-order chi connectivity index (χ0) is 15.7. The third-order valence-electron chi connectivity index (χ3n) is 4.76. The van der Waals surface area contributed by atoms with Crippen LogP contribution < -0.4 is 5.32 Å². The number of hydrogen-bond donors (Lipinski definition) is 1. The van der Waals surface area contributed by atoms with Crippen molar-refractivity contribution in [2.24, 2.45) is 0 Å². The van der Waals surface area contributed by atoms with Gasteiger partial charge in [-0.15, -0.1) is 0 Å². The van der Waals surface area contributed by atoms with Crippen molar-refractivity contribution in [2.45, 2.75) is 92.0 Å². The molecule has 0 spiro atoms. The molecule has 122 valence electrons. The van der Waals surface area contributed by atoms with E-state index in [1.165, 1.54) is 51.8 Å². The van der Waals surface area contributed by atoms with Crippen molar-refractivity contribution in [3.63, 3.8) is 0 Å². The average Bonchev–Trinajstić information content (AvgIpc) is 2.78. The van der Waals surface area contributed by atoms with Crippen LogP contribution in [0.25, 0.3) is 0 Å². The minimum atomic E-state index is -2.28. The van der Waals surface area contributed by atoms with E-state index in [0.717, 1.165) is 12.0 Å². The Morgan fingerprint density at radius 1 is 1.05 bits per heavy atom. The molecule has 1 N–H and O–H groups in total. The molecule has 3 heteroatoms. The predicted octanol–water partition coefficient (Wildman–Crippen LogP) is 5.21. The van der Waals surface area contributed by atoms with Gasteiger partial charge in [0.1, 0.15) is 0 Å². The molecular weight excluding hydrogens is 365 g/mol. The van der Waals surface area contributed by atoms with Gasteiger partial charge in [-0.2, -0.15) is 0 Å². The van der Waals surface area contributed by atoms with E-state index in [1.807, 2.05) is 0 Å². The molecule has 0 aromatic heterocycles. The summed E-state index contributed by atoms with van der Waals surface area (Å²) in [5.74, 6) is 0.230. The van der Waals surface area contributed by atoms with Gasteiger partial charge in [0, 0.05) is 0 Å². The van der Waals surface area contributed by atoms with E-state index in [2.05, 4.69) is 37.1 Å². The zero-order valence-electron chi connectivity index (χ0n) is 14.6.